The van der Waals surface area contributed by atoms with Gasteiger partial charge in [0.15, 0.2) is 11.0 Å². The Kier molecular flexibility index (Phi) is 7.24. The third-order valence-corrected chi connectivity index (χ3v) is 5.43. The quantitative estimate of drug-likeness (QED) is 0.508. The van der Waals surface area contributed by atoms with Gasteiger partial charge in [-0.2, -0.15) is 0 Å². The highest BCUT2D eigenvalue weighted by Crippen LogP contribution is 2.28. The van der Waals surface area contributed by atoms with Gasteiger partial charge in [0.2, 0.25) is 5.91 Å². The van der Waals surface area contributed by atoms with Crippen LogP contribution in [0, 0.1) is 0 Å². The molecule has 2 aromatic carbocycles. The maximum atomic E-state index is 12.2. The Balaban J connectivity index is 1.55. The number of carbonyl (C=O) groups excluding carboxylic acids is 1. The Hall–Kier alpha value is -2.42. The monoisotopic (exact) mass is 452 g/mol. The van der Waals surface area contributed by atoms with Crippen LogP contribution in [0.5, 0.6) is 11.5 Å². The summed E-state index contributed by atoms with van der Waals surface area (Å²) in [5.74, 6) is 1.76. The predicted molar refractivity (Wildman–Crippen MR) is 114 cm³/mol. The lowest BCUT2D eigenvalue weighted by Crippen LogP contribution is -2.14. The van der Waals surface area contributed by atoms with Crippen molar-refractivity contribution < 1.29 is 14.3 Å². The number of nitrogens with one attached hydrogen (secondary N) is 1. The Morgan fingerprint density at radius 1 is 1.21 bits per heavy atom. The van der Waals surface area contributed by atoms with E-state index in [4.69, 9.17) is 32.7 Å². The molecule has 0 spiro atoms. The molecule has 3 rings (SSSR count). The van der Waals surface area contributed by atoms with Gasteiger partial charge >= 0.3 is 0 Å². The molecule has 0 unspecified atom stereocenters. The Morgan fingerprint density at radius 3 is 2.83 bits per heavy atom. The summed E-state index contributed by atoms with van der Waals surface area (Å²) in [6.07, 6.45) is 0. The molecule has 1 aromatic heterocycles. The van der Waals surface area contributed by atoms with Crippen LogP contribution in [0.1, 0.15) is 5.82 Å². The van der Waals surface area contributed by atoms with Crippen molar-refractivity contribution in [2.75, 3.05) is 18.2 Å². The van der Waals surface area contributed by atoms with Crippen LogP contribution in [-0.4, -0.2) is 33.5 Å². The highest BCUT2D eigenvalue weighted by atomic mass is 35.5. The molecule has 0 aliphatic heterocycles. The van der Waals surface area contributed by atoms with Gasteiger partial charge in [0.1, 0.15) is 18.1 Å². The largest absolute Gasteiger partial charge is 0.497 e. The molecule has 1 heterocycles. The van der Waals surface area contributed by atoms with Crippen LogP contribution in [-0.2, 0) is 18.4 Å². The maximum Gasteiger partial charge on any atom is 0.234 e. The van der Waals surface area contributed by atoms with Crippen molar-refractivity contribution in [1.82, 2.24) is 14.8 Å². The van der Waals surface area contributed by atoms with Crippen molar-refractivity contribution >= 4 is 46.6 Å². The second-order valence-electron chi connectivity index (χ2n) is 5.89. The molecule has 0 atom stereocenters. The third-order valence-electron chi connectivity index (χ3n) is 3.86. The van der Waals surface area contributed by atoms with E-state index in [0.717, 1.165) is 0 Å². The SMILES string of the molecule is COc1cccc(NC(=O)CSc2nnc(COc3cc(Cl)ccc3Cl)n2C)c1. The molecular weight excluding hydrogens is 435 g/mol. The van der Waals surface area contributed by atoms with Gasteiger partial charge < -0.3 is 19.4 Å². The summed E-state index contributed by atoms with van der Waals surface area (Å²) in [5.41, 5.74) is 0.667. The average molecular weight is 453 g/mol. The molecule has 7 nitrogen and oxygen atoms in total. The number of nitrogens with zero attached hydrogens (tertiary/aromatic N) is 3. The standard InChI is InChI=1S/C19H18Cl2N4O3S/c1-25-17(10-28-16-8-12(20)6-7-15(16)21)23-24-19(25)29-11-18(26)22-13-4-3-5-14(9-13)27-2/h3-9H,10-11H2,1-2H3,(H,22,26). The van der Waals surface area contributed by atoms with Crippen molar-refractivity contribution in [3.05, 3.63) is 58.3 Å². The average Bonchev–Trinajstić information content (AvgIpc) is 3.06. The third kappa shape index (κ3) is 5.79. The van der Waals surface area contributed by atoms with Gasteiger partial charge in [-0.15, -0.1) is 10.2 Å². The number of benzene rings is 2. The molecule has 0 saturated heterocycles. The fourth-order valence-electron chi connectivity index (χ4n) is 2.35. The molecular formula is C19H18Cl2N4O3S. The second kappa shape index (κ2) is 9.87. The summed E-state index contributed by atoms with van der Waals surface area (Å²) in [4.78, 5) is 12.2. The van der Waals surface area contributed by atoms with E-state index in [1.807, 2.05) is 12.1 Å². The number of thioether (sulfide) groups is 1. The van der Waals surface area contributed by atoms with Crippen molar-refractivity contribution in [1.29, 1.82) is 0 Å². The molecule has 1 N–H and O–H groups in total. The van der Waals surface area contributed by atoms with Crippen LogP contribution in [0.4, 0.5) is 5.69 Å². The molecule has 0 saturated carbocycles. The Morgan fingerprint density at radius 2 is 2.03 bits per heavy atom. The first-order valence-electron chi connectivity index (χ1n) is 8.49. The van der Waals surface area contributed by atoms with Crippen molar-refractivity contribution in [2.24, 2.45) is 7.05 Å². The molecule has 0 fully saturated rings. The van der Waals surface area contributed by atoms with Crippen LogP contribution in [0.15, 0.2) is 47.6 Å². The first-order chi connectivity index (χ1) is 14.0. The summed E-state index contributed by atoms with van der Waals surface area (Å²) in [7, 11) is 3.38. The zero-order valence-electron chi connectivity index (χ0n) is 15.7. The molecule has 3 aromatic rings. The number of hydrogen-bond donors (Lipinski definition) is 1. The van der Waals surface area contributed by atoms with Crippen molar-refractivity contribution in [3.63, 3.8) is 0 Å². The maximum absolute atomic E-state index is 12.2. The molecule has 0 radical (unpaired) electrons. The minimum absolute atomic E-state index is 0.158. The summed E-state index contributed by atoms with van der Waals surface area (Å²) >= 11 is 13.3. The number of aromatic nitrogens is 3. The molecule has 0 bridgehead atoms. The highest BCUT2D eigenvalue weighted by molar-refractivity contribution is 7.99. The number of anilines is 1. The van der Waals surface area contributed by atoms with E-state index in [1.54, 1.807) is 49.1 Å². The summed E-state index contributed by atoms with van der Waals surface area (Å²) in [6, 6.07) is 12.2. The molecule has 1 amide bonds. The molecule has 29 heavy (non-hydrogen) atoms. The molecule has 10 heteroatoms. The fourth-order valence-corrected chi connectivity index (χ4v) is 3.42. The van der Waals surface area contributed by atoms with Crippen LogP contribution in [0.25, 0.3) is 0 Å². The molecule has 152 valence electrons. The number of methoxy groups -OCH3 is 1. The van der Waals surface area contributed by atoms with Crippen molar-refractivity contribution in [3.8, 4) is 11.5 Å². The van der Waals surface area contributed by atoms with Gasteiger partial charge in [0.25, 0.3) is 0 Å². The Bertz CT molecular complexity index is 1010. The van der Waals surface area contributed by atoms with Gasteiger partial charge in [-0.1, -0.05) is 41.0 Å². The minimum Gasteiger partial charge on any atom is -0.497 e. The van der Waals surface area contributed by atoms with Gasteiger partial charge in [-0.25, -0.2) is 0 Å². The zero-order chi connectivity index (χ0) is 20.8. The van der Waals surface area contributed by atoms with E-state index >= 15 is 0 Å². The summed E-state index contributed by atoms with van der Waals surface area (Å²) < 4.78 is 12.6. The van der Waals surface area contributed by atoms with E-state index in [1.165, 1.54) is 11.8 Å². The molecule has 0 aliphatic carbocycles. The van der Waals surface area contributed by atoms with Crippen LogP contribution >= 0.6 is 35.0 Å². The number of halogens is 2. The van der Waals surface area contributed by atoms with Crippen LogP contribution in [0.2, 0.25) is 10.0 Å². The van der Waals surface area contributed by atoms with E-state index in [2.05, 4.69) is 15.5 Å². The summed E-state index contributed by atoms with van der Waals surface area (Å²) in [5, 5.41) is 12.6. The lowest BCUT2D eigenvalue weighted by Gasteiger charge is -2.09. The van der Waals surface area contributed by atoms with E-state index in [0.29, 0.717) is 38.2 Å². The lowest BCUT2D eigenvalue weighted by molar-refractivity contribution is -0.113. The number of amides is 1. The second-order valence-corrected chi connectivity index (χ2v) is 7.68. The zero-order valence-corrected chi connectivity index (χ0v) is 18.0. The van der Waals surface area contributed by atoms with E-state index in [-0.39, 0.29) is 18.3 Å². The molecule has 0 aliphatic rings. The number of rotatable bonds is 8. The topological polar surface area (TPSA) is 78.3 Å². The van der Waals surface area contributed by atoms with Crippen molar-refractivity contribution in [2.45, 2.75) is 11.8 Å². The van der Waals surface area contributed by atoms with Gasteiger partial charge in [-0.3, -0.25) is 4.79 Å². The summed E-state index contributed by atoms with van der Waals surface area (Å²) in [6.45, 7) is 0.167. The van der Waals surface area contributed by atoms with Crippen LogP contribution < -0.4 is 14.8 Å². The Labute approximate surface area is 182 Å². The number of carbonyl (C=O) groups is 1. The number of ether oxygens (including phenoxy) is 2. The minimum atomic E-state index is -0.158. The lowest BCUT2D eigenvalue weighted by atomic mass is 10.3. The number of hydrogen-bond acceptors (Lipinski definition) is 6. The van der Waals surface area contributed by atoms with Crippen LogP contribution in [0.3, 0.4) is 0 Å². The van der Waals surface area contributed by atoms with E-state index < -0.39 is 0 Å². The van der Waals surface area contributed by atoms with Gasteiger partial charge in [0, 0.05) is 29.9 Å². The smallest absolute Gasteiger partial charge is 0.234 e. The van der Waals surface area contributed by atoms with Gasteiger partial charge in [0.05, 0.1) is 17.9 Å². The highest BCUT2D eigenvalue weighted by Gasteiger charge is 2.13. The fraction of sp³-hybridized carbons (Fsp3) is 0.211. The predicted octanol–water partition coefficient (Wildman–Crippen LogP) is 4.44. The first-order valence-corrected chi connectivity index (χ1v) is 10.2. The van der Waals surface area contributed by atoms with Gasteiger partial charge in [-0.05, 0) is 24.3 Å². The normalized spacial score (nSPS) is 10.6. The first kappa shape index (κ1) is 21.3. The van der Waals surface area contributed by atoms with E-state index in [9.17, 15) is 4.79 Å².